The fourth-order valence-corrected chi connectivity index (χ4v) is 2.99. The molecule has 0 unspecified atom stereocenters. The number of carbonyl (C=O) groups is 1. The molecule has 19 heavy (non-hydrogen) atoms. The topological polar surface area (TPSA) is 25.2 Å². The Morgan fingerprint density at radius 2 is 1.84 bits per heavy atom. The number of hydrogen-bond acceptors (Lipinski definition) is 2. The third-order valence-corrected chi connectivity index (χ3v) is 4.05. The third kappa shape index (κ3) is 2.56. The van der Waals surface area contributed by atoms with E-state index in [4.69, 9.17) is 0 Å². The van der Waals surface area contributed by atoms with Crippen LogP contribution in [0, 0.1) is 0 Å². The zero-order valence-electron chi connectivity index (χ0n) is 11.2. The lowest BCUT2D eigenvalue weighted by Crippen LogP contribution is -2.32. The average molecular weight is 256 g/mol. The summed E-state index contributed by atoms with van der Waals surface area (Å²) in [4.78, 5) is 13.6. The molecule has 0 aliphatic carbocycles. The number of para-hydroxylation sites is 1. The van der Waals surface area contributed by atoms with Crippen LogP contribution in [-0.4, -0.2) is 35.4 Å². The van der Waals surface area contributed by atoms with E-state index in [1.165, 1.54) is 37.9 Å². The Labute approximate surface area is 113 Å². The molecular formula is C16H20N2O. The lowest BCUT2D eigenvalue weighted by Gasteiger charge is -2.26. The number of piperidine rings is 1. The third-order valence-electron chi connectivity index (χ3n) is 4.05. The lowest BCUT2D eigenvalue weighted by molar-refractivity contribution is 0.112. The van der Waals surface area contributed by atoms with Crippen molar-refractivity contribution >= 4 is 17.2 Å². The van der Waals surface area contributed by atoms with Crippen molar-refractivity contribution in [3.63, 3.8) is 0 Å². The molecule has 0 N–H and O–H groups in total. The van der Waals surface area contributed by atoms with Crippen LogP contribution in [0.3, 0.4) is 0 Å². The van der Waals surface area contributed by atoms with Gasteiger partial charge >= 0.3 is 0 Å². The fraction of sp³-hybridized carbons (Fsp3) is 0.438. The Morgan fingerprint density at radius 1 is 1.05 bits per heavy atom. The number of nitrogens with zero attached hydrogens (tertiary/aromatic N) is 2. The van der Waals surface area contributed by atoms with Gasteiger partial charge in [-0.3, -0.25) is 4.79 Å². The van der Waals surface area contributed by atoms with Crippen LogP contribution in [0.1, 0.15) is 29.6 Å². The van der Waals surface area contributed by atoms with Crippen molar-refractivity contribution in [3.8, 4) is 0 Å². The van der Waals surface area contributed by atoms with E-state index in [1.807, 2.05) is 24.4 Å². The highest BCUT2D eigenvalue weighted by atomic mass is 16.1. The molecular weight excluding hydrogens is 236 g/mol. The SMILES string of the molecule is O=Cc1cn(CCN2CCCCC2)c2ccccc12. The minimum Gasteiger partial charge on any atom is -0.345 e. The second kappa shape index (κ2) is 5.57. The molecule has 2 aromatic rings. The van der Waals surface area contributed by atoms with E-state index in [0.717, 1.165) is 30.3 Å². The highest BCUT2D eigenvalue weighted by Gasteiger charge is 2.11. The van der Waals surface area contributed by atoms with Gasteiger partial charge in [-0.15, -0.1) is 0 Å². The van der Waals surface area contributed by atoms with Crippen LogP contribution in [0.25, 0.3) is 10.9 Å². The van der Waals surface area contributed by atoms with Crippen LogP contribution >= 0.6 is 0 Å². The van der Waals surface area contributed by atoms with E-state index in [2.05, 4.69) is 15.5 Å². The summed E-state index contributed by atoms with van der Waals surface area (Å²) in [5, 5.41) is 1.07. The molecule has 1 aromatic carbocycles. The number of benzene rings is 1. The van der Waals surface area contributed by atoms with Crippen molar-refractivity contribution in [3.05, 3.63) is 36.0 Å². The van der Waals surface area contributed by atoms with E-state index >= 15 is 0 Å². The van der Waals surface area contributed by atoms with Crippen molar-refractivity contribution in [1.29, 1.82) is 0 Å². The molecule has 1 saturated heterocycles. The normalized spacial score (nSPS) is 16.8. The molecule has 0 bridgehead atoms. The van der Waals surface area contributed by atoms with Crippen LogP contribution in [0.5, 0.6) is 0 Å². The summed E-state index contributed by atoms with van der Waals surface area (Å²) < 4.78 is 2.22. The molecule has 2 heterocycles. The van der Waals surface area contributed by atoms with Crippen molar-refractivity contribution in [2.24, 2.45) is 0 Å². The van der Waals surface area contributed by atoms with Crippen molar-refractivity contribution in [2.45, 2.75) is 25.8 Å². The molecule has 0 spiro atoms. The van der Waals surface area contributed by atoms with Crippen LogP contribution in [-0.2, 0) is 6.54 Å². The van der Waals surface area contributed by atoms with Crippen LogP contribution in [0.2, 0.25) is 0 Å². The van der Waals surface area contributed by atoms with Crippen LogP contribution < -0.4 is 0 Å². The molecule has 1 aromatic heterocycles. The molecule has 3 nitrogen and oxygen atoms in total. The van der Waals surface area contributed by atoms with Gasteiger partial charge in [-0.25, -0.2) is 0 Å². The maximum absolute atomic E-state index is 11.1. The second-order valence-electron chi connectivity index (χ2n) is 5.32. The molecule has 100 valence electrons. The first-order valence-electron chi connectivity index (χ1n) is 7.14. The maximum atomic E-state index is 11.1. The van der Waals surface area contributed by atoms with Crippen molar-refractivity contribution in [2.75, 3.05) is 19.6 Å². The Balaban J connectivity index is 1.78. The number of aldehydes is 1. The highest BCUT2D eigenvalue weighted by molar-refractivity contribution is 5.97. The van der Waals surface area contributed by atoms with E-state index in [9.17, 15) is 4.79 Å². The molecule has 3 rings (SSSR count). The summed E-state index contributed by atoms with van der Waals surface area (Å²) in [6.45, 7) is 4.49. The second-order valence-corrected chi connectivity index (χ2v) is 5.32. The predicted molar refractivity (Wildman–Crippen MR) is 77.6 cm³/mol. The first-order chi connectivity index (χ1) is 9.38. The largest absolute Gasteiger partial charge is 0.345 e. The maximum Gasteiger partial charge on any atom is 0.152 e. The molecule has 1 fully saturated rings. The van der Waals surface area contributed by atoms with E-state index in [-0.39, 0.29) is 0 Å². The van der Waals surface area contributed by atoms with Crippen LogP contribution in [0.15, 0.2) is 30.5 Å². The zero-order chi connectivity index (χ0) is 13.1. The standard InChI is InChI=1S/C16H20N2O/c19-13-14-12-18(16-7-3-2-6-15(14)16)11-10-17-8-4-1-5-9-17/h2-3,6-7,12-13H,1,4-5,8-11H2. The zero-order valence-corrected chi connectivity index (χ0v) is 11.2. The molecule has 1 aliphatic heterocycles. The van der Waals surface area contributed by atoms with Gasteiger partial charge in [0, 0.05) is 35.8 Å². The number of hydrogen-bond donors (Lipinski definition) is 0. The van der Waals surface area contributed by atoms with E-state index in [0.29, 0.717) is 0 Å². The van der Waals surface area contributed by atoms with Gasteiger partial charge in [0.2, 0.25) is 0 Å². The molecule has 1 aliphatic rings. The van der Waals surface area contributed by atoms with Gasteiger partial charge in [0.25, 0.3) is 0 Å². The Kier molecular flexibility index (Phi) is 3.65. The van der Waals surface area contributed by atoms with Gasteiger partial charge < -0.3 is 9.47 Å². The smallest absolute Gasteiger partial charge is 0.152 e. The predicted octanol–water partition coefficient (Wildman–Crippen LogP) is 2.94. The average Bonchev–Trinajstić information content (AvgIpc) is 2.84. The van der Waals surface area contributed by atoms with Gasteiger partial charge in [-0.05, 0) is 32.0 Å². The number of rotatable bonds is 4. The highest BCUT2D eigenvalue weighted by Crippen LogP contribution is 2.20. The summed E-state index contributed by atoms with van der Waals surface area (Å²) in [5.74, 6) is 0. The summed E-state index contributed by atoms with van der Waals surface area (Å²) >= 11 is 0. The minimum atomic E-state index is 0.800. The fourth-order valence-electron chi connectivity index (χ4n) is 2.99. The van der Waals surface area contributed by atoms with Gasteiger partial charge in [-0.1, -0.05) is 24.6 Å². The summed E-state index contributed by atoms with van der Waals surface area (Å²) in [6.07, 6.45) is 6.97. The van der Waals surface area contributed by atoms with Gasteiger partial charge in [0.15, 0.2) is 6.29 Å². The first kappa shape index (κ1) is 12.4. The van der Waals surface area contributed by atoms with Crippen molar-refractivity contribution < 1.29 is 4.79 Å². The number of carbonyl (C=O) groups excluding carboxylic acids is 1. The molecule has 0 saturated carbocycles. The molecule has 0 radical (unpaired) electrons. The van der Waals surface area contributed by atoms with Crippen molar-refractivity contribution in [1.82, 2.24) is 9.47 Å². The van der Waals surface area contributed by atoms with Gasteiger partial charge in [-0.2, -0.15) is 0 Å². The number of fused-ring (bicyclic) bond motifs is 1. The first-order valence-corrected chi connectivity index (χ1v) is 7.14. The molecule has 0 amide bonds. The minimum absolute atomic E-state index is 0.800. The van der Waals surface area contributed by atoms with Crippen LogP contribution in [0.4, 0.5) is 0 Å². The quantitative estimate of drug-likeness (QED) is 0.786. The van der Waals surface area contributed by atoms with E-state index in [1.54, 1.807) is 0 Å². The Bertz CT molecular complexity index is 567. The monoisotopic (exact) mass is 256 g/mol. The Hall–Kier alpha value is -1.61. The summed E-state index contributed by atoms with van der Waals surface area (Å²) in [7, 11) is 0. The van der Waals surface area contributed by atoms with E-state index < -0.39 is 0 Å². The summed E-state index contributed by atoms with van der Waals surface area (Å²) in [6, 6.07) is 8.15. The lowest BCUT2D eigenvalue weighted by atomic mass is 10.1. The number of likely N-dealkylation sites (tertiary alicyclic amines) is 1. The molecule has 3 heteroatoms. The Morgan fingerprint density at radius 3 is 2.63 bits per heavy atom. The summed E-state index contributed by atoms with van der Waals surface area (Å²) in [5.41, 5.74) is 1.97. The van der Waals surface area contributed by atoms with Gasteiger partial charge in [0.05, 0.1) is 0 Å². The van der Waals surface area contributed by atoms with Gasteiger partial charge in [0.1, 0.15) is 0 Å². The number of aromatic nitrogens is 1. The molecule has 0 atom stereocenters.